The molecule has 0 saturated carbocycles. The maximum atomic E-state index is 12.5. The van der Waals surface area contributed by atoms with Crippen LogP contribution in [0.3, 0.4) is 0 Å². The normalized spacial score (nSPS) is 15.5. The molecule has 158 valence electrons. The Bertz CT molecular complexity index is 1190. The zero-order valence-corrected chi connectivity index (χ0v) is 18.7. The quantitative estimate of drug-likeness (QED) is 0.624. The summed E-state index contributed by atoms with van der Waals surface area (Å²) in [5.41, 5.74) is 1.76. The Morgan fingerprint density at radius 1 is 1.17 bits per heavy atom. The summed E-state index contributed by atoms with van der Waals surface area (Å²) in [5, 5.41) is 4.02. The third kappa shape index (κ3) is 4.92. The topological polar surface area (TPSA) is 82.6 Å². The van der Waals surface area contributed by atoms with Crippen LogP contribution in [0.4, 0.5) is 10.8 Å². The van der Waals surface area contributed by atoms with Crippen molar-refractivity contribution in [2.24, 2.45) is 0 Å². The maximum absolute atomic E-state index is 12.5. The number of anilines is 2. The molecule has 1 aliphatic rings. The van der Waals surface area contributed by atoms with Gasteiger partial charge >= 0.3 is 0 Å². The highest BCUT2D eigenvalue weighted by molar-refractivity contribution is 7.90. The molecule has 0 atom stereocenters. The fraction of sp³-hybridized carbons (Fsp3) is 0.300. The molecule has 0 radical (unpaired) electrons. The van der Waals surface area contributed by atoms with E-state index in [4.69, 9.17) is 11.6 Å². The standard InChI is InChI=1S/C20H21ClN4O3S2/c1-30(27,28)16-5-6-17-18(12-16)29-20(22-17)23-19(26)13-24-7-9-25(10-8-24)15-4-2-3-14(21)11-15/h2-6,11-12H,7-10,13H2,1H3,(H,22,23,26). The number of amides is 1. The van der Waals surface area contributed by atoms with E-state index in [-0.39, 0.29) is 17.3 Å². The van der Waals surface area contributed by atoms with Crippen LogP contribution in [0.1, 0.15) is 0 Å². The summed E-state index contributed by atoms with van der Waals surface area (Å²) < 4.78 is 24.1. The Labute approximate surface area is 184 Å². The largest absolute Gasteiger partial charge is 0.369 e. The summed E-state index contributed by atoms with van der Waals surface area (Å²) in [5.74, 6) is -0.131. The minimum absolute atomic E-state index is 0.131. The van der Waals surface area contributed by atoms with Crippen molar-refractivity contribution >= 4 is 59.7 Å². The van der Waals surface area contributed by atoms with Gasteiger partial charge < -0.3 is 10.2 Å². The summed E-state index contributed by atoms with van der Waals surface area (Å²) in [6.45, 7) is 3.48. The van der Waals surface area contributed by atoms with Gasteiger partial charge in [0.2, 0.25) is 5.91 Å². The summed E-state index contributed by atoms with van der Waals surface area (Å²) >= 11 is 7.34. The van der Waals surface area contributed by atoms with Crippen molar-refractivity contribution in [1.29, 1.82) is 0 Å². The number of fused-ring (bicyclic) bond motifs is 1. The van der Waals surface area contributed by atoms with Gasteiger partial charge in [0.25, 0.3) is 0 Å². The first-order valence-electron chi connectivity index (χ1n) is 9.41. The molecular weight excluding hydrogens is 444 g/mol. The number of nitrogens with zero attached hydrogens (tertiary/aromatic N) is 3. The zero-order valence-electron chi connectivity index (χ0n) is 16.3. The Balaban J connectivity index is 1.34. The minimum Gasteiger partial charge on any atom is -0.369 e. The number of sulfone groups is 1. The number of carbonyl (C=O) groups is 1. The highest BCUT2D eigenvalue weighted by Gasteiger charge is 2.20. The van der Waals surface area contributed by atoms with E-state index >= 15 is 0 Å². The van der Waals surface area contributed by atoms with Crippen LogP contribution in [0.25, 0.3) is 10.2 Å². The highest BCUT2D eigenvalue weighted by Crippen LogP contribution is 2.28. The number of halogens is 1. The van der Waals surface area contributed by atoms with E-state index in [1.54, 1.807) is 12.1 Å². The van der Waals surface area contributed by atoms with Crippen molar-refractivity contribution in [2.45, 2.75) is 4.90 Å². The molecule has 1 amide bonds. The van der Waals surface area contributed by atoms with Gasteiger partial charge in [-0.2, -0.15) is 0 Å². The zero-order chi connectivity index (χ0) is 21.3. The van der Waals surface area contributed by atoms with E-state index in [0.717, 1.165) is 36.6 Å². The maximum Gasteiger partial charge on any atom is 0.240 e. The van der Waals surface area contributed by atoms with Crippen molar-refractivity contribution in [3.05, 3.63) is 47.5 Å². The van der Waals surface area contributed by atoms with Gasteiger partial charge in [0.15, 0.2) is 15.0 Å². The monoisotopic (exact) mass is 464 g/mol. The lowest BCUT2D eigenvalue weighted by Crippen LogP contribution is -2.48. The Morgan fingerprint density at radius 3 is 2.63 bits per heavy atom. The molecule has 1 saturated heterocycles. The van der Waals surface area contributed by atoms with E-state index in [2.05, 4.69) is 20.1 Å². The van der Waals surface area contributed by atoms with Crippen molar-refractivity contribution in [3.63, 3.8) is 0 Å². The molecule has 30 heavy (non-hydrogen) atoms. The van der Waals surface area contributed by atoms with Crippen molar-refractivity contribution in [2.75, 3.05) is 49.2 Å². The molecule has 7 nitrogen and oxygen atoms in total. The number of carbonyl (C=O) groups excluding carboxylic acids is 1. The molecule has 1 fully saturated rings. The number of nitrogens with one attached hydrogen (secondary N) is 1. The fourth-order valence-electron chi connectivity index (χ4n) is 3.39. The Morgan fingerprint density at radius 2 is 1.93 bits per heavy atom. The SMILES string of the molecule is CS(=O)(=O)c1ccc2nc(NC(=O)CN3CCN(c4cccc(Cl)c4)CC3)sc2c1. The van der Waals surface area contributed by atoms with Crippen LogP contribution in [0.15, 0.2) is 47.4 Å². The first-order valence-corrected chi connectivity index (χ1v) is 12.5. The molecule has 10 heteroatoms. The molecule has 0 aliphatic carbocycles. The summed E-state index contributed by atoms with van der Waals surface area (Å²) in [7, 11) is -3.28. The van der Waals surface area contributed by atoms with Crippen LogP contribution in [0, 0.1) is 0 Å². The molecule has 2 heterocycles. The van der Waals surface area contributed by atoms with E-state index in [1.165, 1.54) is 23.7 Å². The second kappa shape index (κ2) is 8.50. The first-order chi connectivity index (χ1) is 14.3. The molecule has 0 unspecified atom stereocenters. The molecule has 0 spiro atoms. The van der Waals surface area contributed by atoms with E-state index in [9.17, 15) is 13.2 Å². The van der Waals surface area contributed by atoms with E-state index in [1.807, 2.05) is 24.3 Å². The number of hydrogen-bond acceptors (Lipinski definition) is 7. The van der Waals surface area contributed by atoms with Crippen LogP contribution in [-0.2, 0) is 14.6 Å². The van der Waals surface area contributed by atoms with Crippen molar-refractivity contribution in [3.8, 4) is 0 Å². The van der Waals surface area contributed by atoms with Crippen LogP contribution < -0.4 is 10.2 Å². The van der Waals surface area contributed by atoms with Gasteiger partial charge in [-0.25, -0.2) is 13.4 Å². The number of piperazine rings is 1. The van der Waals surface area contributed by atoms with Gasteiger partial charge in [0, 0.05) is 43.1 Å². The number of rotatable bonds is 5. The van der Waals surface area contributed by atoms with Crippen LogP contribution >= 0.6 is 22.9 Å². The lowest BCUT2D eigenvalue weighted by atomic mass is 10.2. The van der Waals surface area contributed by atoms with Gasteiger partial charge in [-0.1, -0.05) is 29.0 Å². The van der Waals surface area contributed by atoms with Gasteiger partial charge in [-0.15, -0.1) is 0 Å². The highest BCUT2D eigenvalue weighted by atomic mass is 35.5. The van der Waals surface area contributed by atoms with Gasteiger partial charge in [0.1, 0.15) is 0 Å². The van der Waals surface area contributed by atoms with E-state index in [0.29, 0.717) is 15.7 Å². The van der Waals surface area contributed by atoms with Crippen LogP contribution in [-0.4, -0.2) is 63.2 Å². The number of thiazole rings is 1. The van der Waals surface area contributed by atoms with Gasteiger partial charge in [-0.05, 0) is 36.4 Å². The third-order valence-corrected chi connectivity index (χ3v) is 7.23. The molecule has 1 aromatic heterocycles. The lowest BCUT2D eigenvalue weighted by molar-refractivity contribution is -0.117. The third-order valence-electron chi connectivity index (χ3n) is 4.95. The second-order valence-corrected chi connectivity index (χ2v) is 10.7. The van der Waals surface area contributed by atoms with Gasteiger partial charge in [-0.3, -0.25) is 9.69 Å². The van der Waals surface area contributed by atoms with Crippen molar-refractivity contribution in [1.82, 2.24) is 9.88 Å². The lowest BCUT2D eigenvalue weighted by Gasteiger charge is -2.35. The molecular formula is C20H21ClN4O3S2. The number of hydrogen-bond donors (Lipinski definition) is 1. The number of benzene rings is 2. The Kier molecular flexibility index (Phi) is 5.97. The first kappa shape index (κ1) is 21.0. The molecule has 1 N–H and O–H groups in total. The summed E-state index contributed by atoms with van der Waals surface area (Å²) in [6.07, 6.45) is 1.17. The molecule has 4 rings (SSSR count). The van der Waals surface area contributed by atoms with E-state index < -0.39 is 9.84 Å². The van der Waals surface area contributed by atoms with Crippen LogP contribution in [0.2, 0.25) is 5.02 Å². The summed E-state index contributed by atoms with van der Waals surface area (Å²) in [4.78, 5) is 21.5. The fourth-order valence-corrected chi connectivity index (χ4v) is 5.22. The Hall–Kier alpha value is -2.20. The predicted octanol–water partition coefficient (Wildman–Crippen LogP) is 3.11. The summed E-state index contributed by atoms with van der Waals surface area (Å²) in [6, 6.07) is 12.6. The molecule has 3 aromatic rings. The van der Waals surface area contributed by atoms with Crippen molar-refractivity contribution < 1.29 is 13.2 Å². The average Bonchev–Trinajstić information content (AvgIpc) is 3.09. The molecule has 1 aliphatic heterocycles. The number of aromatic nitrogens is 1. The minimum atomic E-state index is -3.28. The molecule has 2 aromatic carbocycles. The molecule has 0 bridgehead atoms. The predicted molar refractivity (Wildman–Crippen MR) is 121 cm³/mol. The average molecular weight is 465 g/mol. The second-order valence-electron chi connectivity index (χ2n) is 7.21. The van der Waals surface area contributed by atoms with Crippen LogP contribution in [0.5, 0.6) is 0 Å². The smallest absolute Gasteiger partial charge is 0.240 e. The van der Waals surface area contributed by atoms with Gasteiger partial charge in [0.05, 0.1) is 21.7 Å².